The number of fused-ring (bicyclic) bond motifs is 1. The number of esters is 1. The summed E-state index contributed by atoms with van der Waals surface area (Å²) in [6.45, 7) is 9.87. The zero-order chi connectivity index (χ0) is 21.8. The highest BCUT2D eigenvalue weighted by Gasteiger charge is 2.38. The fraction of sp³-hybridized carbons (Fsp3) is 0.455. The predicted molar refractivity (Wildman–Crippen MR) is 114 cm³/mol. The predicted octanol–water partition coefficient (Wildman–Crippen LogP) is 2.75. The Labute approximate surface area is 176 Å². The van der Waals surface area contributed by atoms with Gasteiger partial charge < -0.3 is 15.0 Å². The third kappa shape index (κ3) is 4.22. The van der Waals surface area contributed by atoms with Crippen molar-refractivity contribution >= 4 is 17.8 Å². The molecule has 2 aromatic rings. The first-order valence-electron chi connectivity index (χ1n) is 10.3. The minimum atomic E-state index is -0.476. The first-order chi connectivity index (χ1) is 14.4. The van der Waals surface area contributed by atoms with Gasteiger partial charge in [-0.15, -0.1) is 0 Å². The van der Waals surface area contributed by atoms with Gasteiger partial charge in [-0.25, -0.2) is 9.48 Å². The highest BCUT2D eigenvalue weighted by atomic mass is 16.5. The molecular weight excluding hydrogens is 382 g/mol. The Morgan fingerprint density at radius 2 is 1.90 bits per heavy atom. The molecule has 0 fully saturated rings. The molecule has 0 bridgehead atoms. The van der Waals surface area contributed by atoms with E-state index >= 15 is 0 Å². The number of benzene rings is 1. The number of nitrogens with one attached hydrogen (secondary N) is 1. The number of rotatable bonds is 7. The molecule has 0 saturated heterocycles. The Morgan fingerprint density at radius 3 is 2.53 bits per heavy atom. The number of hydrogen-bond acceptors (Lipinski definition) is 6. The SMILES string of the molecule is CCOC(=O)C1=C(C)N(CC(=O)N[C@@H](C)CC)c2ncnn2[C@H]1c1ccc(C)cc1. The number of aryl methyl sites for hydroxylation is 1. The molecule has 0 saturated carbocycles. The van der Waals surface area contributed by atoms with Gasteiger partial charge in [-0.3, -0.25) is 4.79 Å². The molecule has 1 aliphatic rings. The third-order valence-electron chi connectivity index (χ3n) is 5.32. The number of carbonyl (C=O) groups excluding carboxylic acids is 2. The van der Waals surface area contributed by atoms with Crippen LogP contribution in [-0.4, -0.2) is 45.8 Å². The van der Waals surface area contributed by atoms with Gasteiger partial charge in [-0.05, 0) is 39.7 Å². The normalized spacial score (nSPS) is 16.8. The lowest BCUT2D eigenvalue weighted by molar-refractivity contribution is -0.139. The van der Waals surface area contributed by atoms with E-state index in [1.165, 1.54) is 6.33 Å². The quantitative estimate of drug-likeness (QED) is 0.705. The molecule has 2 atom stereocenters. The molecule has 8 heteroatoms. The highest BCUT2D eigenvalue weighted by molar-refractivity contribution is 5.93. The van der Waals surface area contributed by atoms with Crippen molar-refractivity contribution in [2.45, 2.75) is 53.1 Å². The van der Waals surface area contributed by atoms with Crippen LogP contribution in [0.3, 0.4) is 0 Å². The van der Waals surface area contributed by atoms with Gasteiger partial charge in [0, 0.05) is 11.7 Å². The van der Waals surface area contributed by atoms with Crippen molar-refractivity contribution in [3.8, 4) is 0 Å². The molecule has 1 N–H and O–H groups in total. The first-order valence-corrected chi connectivity index (χ1v) is 10.3. The van der Waals surface area contributed by atoms with Crippen molar-refractivity contribution in [3.63, 3.8) is 0 Å². The van der Waals surface area contributed by atoms with Crippen LogP contribution in [0.5, 0.6) is 0 Å². The molecule has 0 aliphatic carbocycles. The number of ether oxygens (including phenoxy) is 1. The fourth-order valence-electron chi connectivity index (χ4n) is 3.52. The van der Waals surface area contributed by atoms with Crippen molar-refractivity contribution in [2.75, 3.05) is 18.1 Å². The van der Waals surface area contributed by atoms with Crippen LogP contribution in [0.1, 0.15) is 51.3 Å². The smallest absolute Gasteiger partial charge is 0.338 e. The number of anilines is 1. The number of aromatic nitrogens is 3. The van der Waals surface area contributed by atoms with E-state index in [1.54, 1.807) is 16.5 Å². The van der Waals surface area contributed by atoms with Gasteiger partial charge in [0.05, 0.1) is 12.2 Å². The van der Waals surface area contributed by atoms with E-state index in [0.717, 1.165) is 17.5 Å². The fourth-order valence-corrected chi connectivity index (χ4v) is 3.52. The molecule has 3 rings (SSSR count). The summed E-state index contributed by atoms with van der Waals surface area (Å²) in [6, 6.07) is 7.53. The average Bonchev–Trinajstić information content (AvgIpc) is 3.19. The van der Waals surface area contributed by atoms with Gasteiger partial charge in [-0.2, -0.15) is 10.1 Å². The monoisotopic (exact) mass is 411 g/mol. The molecule has 1 aromatic carbocycles. The molecule has 1 amide bonds. The Bertz CT molecular complexity index is 948. The van der Waals surface area contributed by atoms with Crippen LogP contribution in [0, 0.1) is 6.92 Å². The largest absolute Gasteiger partial charge is 0.463 e. The van der Waals surface area contributed by atoms with Gasteiger partial charge in [0.1, 0.15) is 18.9 Å². The molecule has 1 aliphatic heterocycles. The second-order valence-corrected chi connectivity index (χ2v) is 7.50. The van der Waals surface area contributed by atoms with Crippen molar-refractivity contribution in [1.82, 2.24) is 20.1 Å². The number of amides is 1. The second kappa shape index (κ2) is 9.11. The summed E-state index contributed by atoms with van der Waals surface area (Å²) in [5.41, 5.74) is 3.11. The molecule has 0 radical (unpaired) electrons. The summed E-state index contributed by atoms with van der Waals surface area (Å²) >= 11 is 0. The van der Waals surface area contributed by atoms with Crippen molar-refractivity contribution in [2.24, 2.45) is 0 Å². The van der Waals surface area contributed by atoms with E-state index in [-0.39, 0.29) is 25.1 Å². The number of carbonyl (C=O) groups is 2. The highest BCUT2D eigenvalue weighted by Crippen LogP contribution is 2.38. The maximum atomic E-state index is 13.0. The van der Waals surface area contributed by atoms with E-state index in [4.69, 9.17) is 4.74 Å². The lowest BCUT2D eigenvalue weighted by Gasteiger charge is -2.35. The van der Waals surface area contributed by atoms with Crippen LogP contribution in [-0.2, 0) is 14.3 Å². The van der Waals surface area contributed by atoms with Crippen molar-refractivity contribution < 1.29 is 14.3 Å². The van der Waals surface area contributed by atoms with E-state index in [9.17, 15) is 9.59 Å². The van der Waals surface area contributed by atoms with Crippen molar-refractivity contribution in [3.05, 3.63) is 53.0 Å². The number of nitrogens with zero attached hydrogens (tertiary/aromatic N) is 4. The molecule has 160 valence electrons. The Morgan fingerprint density at radius 1 is 1.20 bits per heavy atom. The number of allylic oxidation sites excluding steroid dienone is 1. The third-order valence-corrected chi connectivity index (χ3v) is 5.32. The van der Waals surface area contributed by atoms with Gasteiger partial charge in [0.15, 0.2) is 0 Å². The van der Waals surface area contributed by atoms with Crippen LogP contribution in [0.4, 0.5) is 5.95 Å². The minimum Gasteiger partial charge on any atom is -0.463 e. The molecule has 8 nitrogen and oxygen atoms in total. The lowest BCUT2D eigenvalue weighted by atomic mass is 9.94. The number of hydrogen-bond donors (Lipinski definition) is 1. The van der Waals surface area contributed by atoms with Crippen LogP contribution in [0.2, 0.25) is 0 Å². The maximum absolute atomic E-state index is 13.0. The Balaban J connectivity index is 2.07. The summed E-state index contributed by atoms with van der Waals surface area (Å²) in [7, 11) is 0. The summed E-state index contributed by atoms with van der Waals surface area (Å²) in [5, 5.41) is 7.35. The first kappa shape index (κ1) is 21.5. The summed E-state index contributed by atoms with van der Waals surface area (Å²) in [5.74, 6) is -0.0465. The Hall–Kier alpha value is -3.16. The lowest BCUT2D eigenvalue weighted by Crippen LogP contribution is -2.44. The average molecular weight is 412 g/mol. The maximum Gasteiger partial charge on any atom is 0.338 e. The molecule has 0 unspecified atom stereocenters. The molecular formula is C22H29N5O3. The van der Waals surface area contributed by atoms with Gasteiger partial charge in [0.25, 0.3) is 0 Å². The van der Waals surface area contributed by atoms with E-state index in [2.05, 4.69) is 15.4 Å². The van der Waals surface area contributed by atoms with Gasteiger partial charge in [0.2, 0.25) is 11.9 Å². The zero-order valence-electron chi connectivity index (χ0n) is 18.2. The zero-order valence-corrected chi connectivity index (χ0v) is 18.2. The van der Waals surface area contributed by atoms with Crippen LogP contribution in [0.15, 0.2) is 41.9 Å². The van der Waals surface area contributed by atoms with Gasteiger partial charge in [-0.1, -0.05) is 36.8 Å². The van der Waals surface area contributed by atoms with Crippen molar-refractivity contribution in [1.29, 1.82) is 0 Å². The standard InChI is InChI=1S/C22H29N5O3/c1-6-15(4)25-18(28)12-26-16(5)19(21(29)30-7-2)20(27-22(26)23-13-24-27)17-10-8-14(3)9-11-17/h8-11,13,15,20H,6-7,12H2,1-5H3,(H,25,28)/t15-,20-/m0/s1. The van der Waals surface area contributed by atoms with E-state index in [1.807, 2.05) is 52.0 Å². The summed E-state index contributed by atoms with van der Waals surface area (Å²) in [4.78, 5) is 31.7. The van der Waals surface area contributed by atoms with E-state index < -0.39 is 12.0 Å². The summed E-state index contributed by atoms with van der Waals surface area (Å²) in [6.07, 6.45) is 2.28. The molecule has 1 aromatic heterocycles. The molecule has 0 spiro atoms. The Kier molecular flexibility index (Phi) is 6.54. The summed E-state index contributed by atoms with van der Waals surface area (Å²) < 4.78 is 7.05. The van der Waals surface area contributed by atoms with E-state index in [0.29, 0.717) is 17.2 Å². The van der Waals surface area contributed by atoms with Crippen LogP contribution in [0.25, 0.3) is 0 Å². The molecule has 30 heavy (non-hydrogen) atoms. The minimum absolute atomic E-state index is 0.0401. The van der Waals surface area contributed by atoms with Gasteiger partial charge >= 0.3 is 5.97 Å². The van der Waals surface area contributed by atoms with Crippen LogP contribution >= 0.6 is 0 Å². The van der Waals surface area contributed by atoms with Crippen LogP contribution < -0.4 is 10.2 Å². The molecule has 2 heterocycles. The second-order valence-electron chi connectivity index (χ2n) is 7.50. The topological polar surface area (TPSA) is 89.3 Å².